The van der Waals surface area contributed by atoms with Crippen LogP contribution in [0.1, 0.15) is 6.92 Å². The number of benzene rings is 1. The van der Waals surface area contributed by atoms with E-state index in [9.17, 15) is 14.9 Å². The first-order valence-electron chi connectivity index (χ1n) is 3.88. The van der Waals surface area contributed by atoms with Crippen molar-refractivity contribution < 1.29 is 9.83 Å². The summed E-state index contributed by atoms with van der Waals surface area (Å²) in [6, 6.07) is 8.08. The number of hydrogen-bond acceptors (Lipinski definition) is 3. The third-order valence-corrected chi connectivity index (χ3v) is 1.43. The van der Waals surface area contributed by atoms with Gasteiger partial charge in [0, 0.05) is 12.0 Å². The lowest BCUT2D eigenvalue weighted by atomic mass is 10.3. The molecule has 0 atom stereocenters. The van der Waals surface area contributed by atoms with E-state index in [2.05, 4.69) is 5.43 Å². The van der Waals surface area contributed by atoms with Gasteiger partial charge >= 0.3 is 0 Å². The van der Waals surface area contributed by atoms with Gasteiger partial charge in [-0.15, -0.1) is 0 Å². The molecule has 0 aliphatic carbocycles. The molecule has 0 bridgehead atoms. The van der Waals surface area contributed by atoms with Crippen molar-refractivity contribution >= 4 is 11.6 Å². The van der Waals surface area contributed by atoms with Crippen molar-refractivity contribution in [1.82, 2.24) is 5.43 Å². The number of carbonyl (C=O) groups is 1. The Balaban J connectivity index is 2.89. The van der Waals surface area contributed by atoms with Crippen molar-refractivity contribution in [2.45, 2.75) is 6.92 Å². The highest BCUT2D eigenvalue weighted by atomic mass is 16.7. The minimum Gasteiger partial charge on any atom is -0.273 e. The summed E-state index contributed by atoms with van der Waals surface area (Å²) in [5, 5.41) is 10.4. The molecule has 0 aromatic heterocycles. The van der Waals surface area contributed by atoms with Gasteiger partial charge in [-0.2, -0.15) is 0 Å². The lowest BCUT2D eigenvalue weighted by molar-refractivity contribution is -0.501. The lowest BCUT2D eigenvalue weighted by Gasteiger charge is -2.12. The summed E-state index contributed by atoms with van der Waals surface area (Å²) in [5.74, 6) is -0.495. The predicted octanol–water partition coefficient (Wildman–Crippen LogP) is 0.736. The Labute approximate surface area is 80.2 Å². The molecule has 0 saturated carbocycles. The molecule has 14 heavy (non-hydrogen) atoms. The summed E-state index contributed by atoms with van der Waals surface area (Å²) in [4.78, 5) is 21.2. The van der Waals surface area contributed by atoms with E-state index in [0.717, 1.165) is 0 Å². The van der Waals surface area contributed by atoms with Crippen LogP contribution in [0.3, 0.4) is 0 Å². The van der Waals surface area contributed by atoms with E-state index in [-0.39, 0.29) is 0 Å². The molecule has 6 nitrogen and oxygen atoms in total. The van der Waals surface area contributed by atoms with Crippen LogP contribution in [0, 0.1) is 10.1 Å². The van der Waals surface area contributed by atoms with E-state index < -0.39 is 10.9 Å². The van der Waals surface area contributed by atoms with E-state index >= 15 is 0 Å². The fourth-order valence-electron chi connectivity index (χ4n) is 0.918. The molecule has 6 heteroatoms. The van der Waals surface area contributed by atoms with E-state index in [1.54, 1.807) is 18.2 Å². The molecule has 0 aliphatic heterocycles. The Morgan fingerprint density at radius 3 is 2.43 bits per heavy atom. The zero-order valence-electron chi connectivity index (χ0n) is 7.51. The topological polar surface area (TPSA) is 75.5 Å². The van der Waals surface area contributed by atoms with Crippen LogP contribution >= 0.6 is 0 Å². The number of nitro groups is 1. The van der Waals surface area contributed by atoms with Crippen LogP contribution in [0.4, 0.5) is 5.69 Å². The fraction of sp³-hybridized carbons (Fsp3) is 0.125. The van der Waals surface area contributed by atoms with Crippen molar-refractivity contribution in [2.24, 2.45) is 0 Å². The molecule has 0 saturated heterocycles. The Morgan fingerprint density at radius 2 is 2.00 bits per heavy atom. The molecule has 0 spiro atoms. The number of para-hydroxylation sites is 1. The summed E-state index contributed by atoms with van der Waals surface area (Å²) in [6.45, 7) is 1.21. The predicted molar refractivity (Wildman–Crippen MR) is 49.7 cm³/mol. The highest BCUT2D eigenvalue weighted by Gasteiger charge is 2.17. The lowest BCUT2D eigenvalue weighted by Crippen LogP contribution is -2.45. The number of nitrogens with zero attached hydrogens (tertiary/aromatic N) is 2. The summed E-state index contributed by atoms with van der Waals surface area (Å²) in [7, 11) is 0. The highest BCUT2D eigenvalue weighted by molar-refractivity contribution is 5.74. The van der Waals surface area contributed by atoms with Crippen molar-refractivity contribution in [3.63, 3.8) is 0 Å². The van der Waals surface area contributed by atoms with Crippen LogP contribution in [0.2, 0.25) is 0 Å². The van der Waals surface area contributed by atoms with Crippen molar-refractivity contribution in [3.05, 3.63) is 40.4 Å². The minimum absolute atomic E-state index is 0.299. The molecule has 0 radical (unpaired) electrons. The van der Waals surface area contributed by atoms with Crippen LogP contribution < -0.4 is 10.5 Å². The Bertz CT molecular complexity index is 339. The van der Waals surface area contributed by atoms with Gasteiger partial charge < -0.3 is 0 Å². The Hall–Kier alpha value is -2.11. The summed E-state index contributed by atoms with van der Waals surface area (Å²) >= 11 is 0. The van der Waals surface area contributed by atoms with Crippen LogP contribution in [-0.4, -0.2) is 10.9 Å². The smallest absolute Gasteiger partial charge is 0.239 e. The number of carbonyl (C=O) groups excluding carboxylic acids is 1. The van der Waals surface area contributed by atoms with E-state index in [1.807, 2.05) is 0 Å². The van der Waals surface area contributed by atoms with Gasteiger partial charge in [0.05, 0.1) is 0 Å². The second-order valence-corrected chi connectivity index (χ2v) is 2.55. The monoisotopic (exact) mass is 195 g/mol. The molecule has 1 rings (SSSR count). The van der Waals surface area contributed by atoms with E-state index in [1.165, 1.54) is 19.1 Å². The Morgan fingerprint density at radius 1 is 1.43 bits per heavy atom. The molecular weight excluding hydrogens is 186 g/mol. The van der Waals surface area contributed by atoms with E-state index in [4.69, 9.17) is 0 Å². The second kappa shape index (κ2) is 4.22. The van der Waals surface area contributed by atoms with Crippen LogP contribution in [-0.2, 0) is 4.79 Å². The quantitative estimate of drug-likeness (QED) is 0.570. The van der Waals surface area contributed by atoms with Crippen molar-refractivity contribution in [1.29, 1.82) is 0 Å². The molecular formula is C8H9N3O3. The number of hydrogen-bond donors (Lipinski definition) is 1. The summed E-state index contributed by atoms with van der Waals surface area (Å²) in [6.07, 6.45) is 0. The average Bonchev–Trinajstić information content (AvgIpc) is 2.15. The molecule has 1 aromatic rings. The summed E-state index contributed by atoms with van der Waals surface area (Å²) in [5.41, 5.74) is 2.39. The number of anilines is 1. The third-order valence-electron chi connectivity index (χ3n) is 1.43. The van der Waals surface area contributed by atoms with Crippen LogP contribution in [0.15, 0.2) is 30.3 Å². The molecule has 0 aliphatic rings. The zero-order valence-corrected chi connectivity index (χ0v) is 7.51. The van der Waals surface area contributed by atoms with Crippen molar-refractivity contribution in [3.8, 4) is 0 Å². The van der Waals surface area contributed by atoms with Gasteiger partial charge in [-0.1, -0.05) is 18.2 Å². The average molecular weight is 195 g/mol. The van der Waals surface area contributed by atoms with Gasteiger partial charge in [-0.3, -0.25) is 4.79 Å². The molecule has 0 heterocycles. The number of hydrazine groups is 2. The maximum atomic E-state index is 10.7. The number of amides is 1. The maximum absolute atomic E-state index is 10.7. The number of nitrogens with one attached hydrogen (secondary N) is 1. The largest absolute Gasteiger partial charge is 0.273 e. The van der Waals surface area contributed by atoms with Gasteiger partial charge in [0.1, 0.15) is 5.69 Å². The molecule has 74 valence electrons. The standard InChI is InChI=1S/C8H9N3O3/c1-7(12)9-10(11(13)14)8-5-3-2-4-6-8/h2-6H,1H3,(H,9,12). The SMILES string of the molecule is CC(=O)NN(c1ccccc1)[N+](=O)[O-]. The molecule has 1 N–H and O–H groups in total. The maximum Gasteiger partial charge on any atom is 0.239 e. The minimum atomic E-state index is -0.698. The molecule has 1 amide bonds. The van der Waals surface area contributed by atoms with E-state index in [0.29, 0.717) is 10.8 Å². The van der Waals surface area contributed by atoms with Gasteiger partial charge in [0.15, 0.2) is 5.03 Å². The molecule has 0 unspecified atom stereocenters. The zero-order chi connectivity index (χ0) is 10.6. The highest BCUT2D eigenvalue weighted by Crippen LogP contribution is 2.10. The normalized spacial score (nSPS) is 9.21. The van der Waals surface area contributed by atoms with Crippen LogP contribution in [0.5, 0.6) is 0 Å². The van der Waals surface area contributed by atoms with Crippen molar-refractivity contribution in [2.75, 3.05) is 5.12 Å². The van der Waals surface area contributed by atoms with Crippen LogP contribution in [0.25, 0.3) is 0 Å². The third kappa shape index (κ3) is 2.44. The van der Waals surface area contributed by atoms with Gasteiger partial charge in [-0.25, -0.2) is 15.5 Å². The summed E-state index contributed by atoms with van der Waals surface area (Å²) < 4.78 is 0. The first-order chi connectivity index (χ1) is 6.61. The molecule has 1 aromatic carbocycles. The second-order valence-electron chi connectivity index (χ2n) is 2.55. The first kappa shape index (κ1) is 9.97. The first-order valence-corrected chi connectivity index (χ1v) is 3.88. The van der Waals surface area contributed by atoms with Gasteiger partial charge in [-0.05, 0) is 12.1 Å². The number of rotatable bonds is 3. The Kier molecular flexibility index (Phi) is 3.01. The van der Waals surface area contributed by atoms with Gasteiger partial charge in [0.2, 0.25) is 5.91 Å². The fourth-order valence-corrected chi connectivity index (χ4v) is 0.918. The van der Waals surface area contributed by atoms with Gasteiger partial charge in [0.25, 0.3) is 0 Å². The molecule has 0 fully saturated rings.